The molecule has 166 valence electrons. The summed E-state index contributed by atoms with van der Waals surface area (Å²) in [5.41, 5.74) is -0.798. The summed E-state index contributed by atoms with van der Waals surface area (Å²) >= 11 is 0. The lowest BCUT2D eigenvalue weighted by atomic mass is 9.92. The molecule has 0 aliphatic carbocycles. The number of halogens is 3. The molecule has 1 fully saturated rings. The molecule has 7 nitrogen and oxygen atoms in total. The Balaban J connectivity index is 1.75. The Bertz CT molecular complexity index is 1120. The van der Waals surface area contributed by atoms with E-state index in [1.54, 1.807) is 67.6 Å². The standard InChI is InChI=1S/C22H18F3N3O4/c1-14(16-10-6-3-7-11-16)28-19(29)21(32-20(28)30,12-15-8-4-2-5-9-15)18-27-26-17(31-18)13-22(23,24)25/h2-11,14H,12-13H2,1H3/t14-,21-/m1/s1. The van der Waals surface area contributed by atoms with E-state index in [0.29, 0.717) is 11.1 Å². The third-order valence-corrected chi connectivity index (χ3v) is 5.15. The van der Waals surface area contributed by atoms with E-state index < -0.39 is 48.0 Å². The first-order chi connectivity index (χ1) is 15.2. The van der Waals surface area contributed by atoms with E-state index in [9.17, 15) is 22.8 Å². The minimum atomic E-state index is -4.58. The minimum Gasteiger partial charge on any atom is -0.422 e. The van der Waals surface area contributed by atoms with Crippen LogP contribution in [0.5, 0.6) is 0 Å². The normalized spacial score (nSPS) is 19.8. The number of alkyl halides is 3. The highest BCUT2D eigenvalue weighted by Crippen LogP contribution is 2.41. The topological polar surface area (TPSA) is 85.5 Å². The van der Waals surface area contributed by atoms with Gasteiger partial charge >= 0.3 is 12.3 Å². The maximum absolute atomic E-state index is 13.6. The van der Waals surface area contributed by atoms with E-state index in [1.165, 1.54) is 0 Å². The Morgan fingerprint density at radius 1 is 1.00 bits per heavy atom. The highest BCUT2D eigenvalue weighted by Gasteiger charge is 2.60. The zero-order valence-electron chi connectivity index (χ0n) is 16.9. The molecule has 4 rings (SSSR count). The van der Waals surface area contributed by atoms with Gasteiger partial charge in [-0.3, -0.25) is 4.79 Å². The Hall–Kier alpha value is -3.69. The number of amides is 2. The van der Waals surface area contributed by atoms with Crippen molar-refractivity contribution in [2.24, 2.45) is 0 Å². The molecule has 32 heavy (non-hydrogen) atoms. The van der Waals surface area contributed by atoms with Crippen molar-refractivity contribution in [3.05, 3.63) is 83.6 Å². The van der Waals surface area contributed by atoms with Gasteiger partial charge in [-0.1, -0.05) is 60.7 Å². The summed E-state index contributed by atoms with van der Waals surface area (Å²) in [7, 11) is 0. The SMILES string of the molecule is C[C@H](c1ccccc1)N1C(=O)O[C@](Cc2ccccc2)(c2nnc(CC(F)(F)F)o2)C1=O. The van der Waals surface area contributed by atoms with E-state index in [2.05, 4.69) is 10.2 Å². The summed E-state index contributed by atoms with van der Waals surface area (Å²) in [5, 5.41) is 7.08. The number of ether oxygens (including phenoxy) is 1. The quantitative estimate of drug-likeness (QED) is 0.561. The summed E-state index contributed by atoms with van der Waals surface area (Å²) < 4.78 is 49.0. The van der Waals surface area contributed by atoms with Gasteiger partial charge in [-0.2, -0.15) is 13.2 Å². The van der Waals surface area contributed by atoms with Gasteiger partial charge in [0, 0.05) is 6.42 Å². The first-order valence-electron chi connectivity index (χ1n) is 9.75. The molecule has 0 radical (unpaired) electrons. The number of nitrogens with zero attached hydrogens (tertiary/aromatic N) is 3. The molecule has 1 aliphatic rings. The summed E-state index contributed by atoms with van der Waals surface area (Å²) in [6.45, 7) is 1.65. The molecule has 3 aromatic rings. The van der Waals surface area contributed by atoms with Gasteiger partial charge in [0.25, 0.3) is 17.4 Å². The van der Waals surface area contributed by atoms with Gasteiger partial charge < -0.3 is 9.15 Å². The van der Waals surface area contributed by atoms with Crippen molar-refractivity contribution in [2.45, 2.75) is 37.6 Å². The summed E-state index contributed by atoms with van der Waals surface area (Å²) in [4.78, 5) is 27.3. The van der Waals surface area contributed by atoms with Crippen LogP contribution in [0.2, 0.25) is 0 Å². The molecule has 10 heteroatoms. The maximum Gasteiger partial charge on any atom is 0.418 e. The molecule has 0 bridgehead atoms. The summed E-state index contributed by atoms with van der Waals surface area (Å²) in [6.07, 6.45) is -7.17. The molecule has 1 saturated heterocycles. The van der Waals surface area contributed by atoms with Gasteiger partial charge in [0.1, 0.15) is 6.42 Å². The number of aromatic nitrogens is 2. The second-order valence-electron chi connectivity index (χ2n) is 7.41. The lowest BCUT2D eigenvalue weighted by molar-refractivity contribution is -0.140. The minimum absolute atomic E-state index is 0.177. The lowest BCUT2D eigenvalue weighted by Gasteiger charge is -2.23. The van der Waals surface area contributed by atoms with Crippen molar-refractivity contribution < 1.29 is 31.9 Å². The van der Waals surface area contributed by atoms with E-state index in [0.717, 1.165) is 4.90 Å². The number of carbonyl (C=O) groups is 2. The fourth-order valence-corrected chi connectivity index (χ4v) is 3.60. The molecular formula is C22H18F3N3O4. The molecule has 1 aliphatic heterocycles. The number of hydrogen-bond donors (Lipinski definition) is 0. The predicted octanol–water partition coefficient (Wildman–Crippen LogP) is 4.35. The summed E-state index contributed by atoms with van der Waals surface area (Å²) in [6, 6.07) is 16.7. The van der Waals surface area contributed by atoms with Crippen LogP contribution in [0, 0.1) is 0 Å². The van der Waals surface area contributed by atoms with Crippen LogP contribution in [0.25, 0.3) is 0 Å². The maximum atomic E-state index is 13.6. The van der Waals surface area contributed by atoms with Crippen LogP contribution in [-0.4, -0.2) is 33.3 Å². The molecule has 2 atom stereocenters. The van der Waals surface area contributed by atoms with Crippen LogP contribution < -0.4 is 0 Å². The first-order valence-corrected chi connectivity index (χ1v) is 9.75. The van der Waals surface area contributed by atoms with Crippen LogP contribution >= 0.6 is 0 Å². The van der Waals surface area contributed by atoms with E-state index in [1.807, 2.05) is 0 Å². The predicted molar refractivity (Wildman–Crippen MR) is 104 cm³/mol. The van der Waals surface area contributed by atoms with Crippen LogP contribution in [0.3, 0.4) is 0 Å². The molecule has 2 amide bonds. The third-order valence-electron chi connectivity index (χ3n) is 5.15. The average Bonchev–Trinajstić information content (AvgIpc) is 3.30. The summed E-state index contributed by atoms with van der Waals surface area (Å²) in [5.74, 6) is -2.01. The molecule has 1 aromatic heterocycles. The highest BCUT2D eigenvalue weighted by atomic mass is 19.4. The smallest absolute Gasteiger partial charge is 0.418 e. The van der Waals surface area contributed by atoms with E-state index >= 15 is 0 Å². The molecule has 0 unspecified atom stereocenters. The van der Waals surface area contributed by atoms with E-state index in [4.69, 9.17) is 9.15 Å². The molecular weight excluding hydrogens is 427 g/mol. The Kier molecular flexibility index (Phi) is 5.45. The average molecular weight is 445 g/mol. The number of carbonyl (C=O) groups excluding carboxylic acids is 2. The van der Waals surface area contributed by atoms with Crippen molar-refractivity contribution in [2.75, 3.05) is 0 Å². The van der Waals surface area contributed by atoms with E-state index in [-0.39, 0.29) is 6.42 Å². The van der Waals surface area contributed by atoms with Crippen LogP contribution in [0.4, 0.5) is 18.0 Å². The number of rotatable bonds is 6. The first kappa shape index (κ1) is 21.5. The number of cyclic esters (lactones) is 1. The lowest BCUT2D eigenvalue weighted by Crippen LogP contribution is -2.41. The largest absolute Gasteiger partial charge is 0.422 e. The van der Waals surface area contributed by atoms with Crippen molar-refractivity contribution in [3.63, 3.8) is 0 Å². The van der Waals surface area contributed by atoms with Crippen molar-refractivity contribution in [1.29, 1.82) is 0 Å². The van der Waals surface area contributed by atoms with Crippen LogP contribution in [-0.2, 0) is 28.0 Å². The van der Waals surface area contributed by atoms with Gasteiger partial charge in [-0.05, 0) is 18.1 Å². The van der Waals surface area contributed by atoms with Crippen molar-refractivity contribution >= 4 is 12.0 Å². The zero-order chi connectivity index (χ0) is 22.9. The number of hydrogen-bond acceptors (Lipinski definition) is 6. The molecule has 2 aromatic carbocycles. The van der Waals surface area contributed by atoms with Crippen molar-refractivity contribution in [3.8, 4) is 0 Å². The molecule has 0 N–H and O–H groups in total. The van der Waals surface area contributed by atoms with Gasteiger partial charge in [0.05, 0.1) is 6.04 Å². The van der Waals surface area contributed by atoms with Gasteiger partial charge in [0.15, 0.2) is 0 Å². The molecule has 2 heterocycles. The van der Waals surface area contributed by atoms with Gasteiger partial charge in [0.2, 0.25) is 5.89 Å². The van der Waals surface area contributed by atoms with Gasteiger partial charge in [-0.15, -0.1) is 10.2 Å². The van der Waals surface area contributed by atoms with Crippen molar-refractivity contribution in [1.82, 2.24) is 15.1 Å². The number of benzene rings is 2. The third kappa shape index (κ3) is 4.08. The van der Waals surface area contributed by atoms with Crippen LogP contribution in [0.1, 0.15) is 35.9 Å². The fraction of sp³-hybridized carbons (Fsp3) is 0.273. The molecule has 0 spiro atoms. The molecule has 0 saturated carbocycles. The highest BCUT2D eigenvalue weighted by molar-refractivity contribution is 6.03. The van der Waals surface area contributed by atoms with Crippen LogP contribution in [0.15, 0.2) is 65.1 Å². The Labute approximate surface area is 180 Å². The second-order valence-corrected chi connectivity index (χ2v) is 7.41. The van der Waals surface area contributed by atoms with Gasteiger partial charge in [-0.25, -0.2) is 9.69 Å². The zero-order valence-corrected chi connectivity index (χ0v) is 16.9. The Morgan fingerprint density at radius 3 is 2.25 bits per heavy atom. The monoisotopic (exact) mass is 445 g/mol. The number of imide groups is 1. The fourth-order valence-electron chi connectivity index (χ4n) is 3.60. The Morgan fingerprint density at radius 2 is 1.62 bits per heavy atom. The second kappa shape index (κ2) is 8.10.